The predicted molar refractivity (Wildman–Crippen MR) is 102 cm³/mol. The van der Waals surface area contributed by atoms with E-state index in [1.165, 1.54) is 17.8 Å². The van der Waals surface area contributed by atoms with E-state index in [1.54, 1.807) is 0 Å². The van der Waals surface area contributed by atoms with E-state index in [1.807, 2.05) is 35.2 Å². The minimum atomic E-state index is -4.41. The summed E-state index contributed by atoms with van der Waals surface area (Å²) in [6.07, 6.45) is -2.43. The number of benzene rings is 2. The normalized spacial score (nSPS) is 15.9. The summed E-state index contributed by atoms with van der Waals surface area (Å²) >= 11 is 1.24. The minimum Gasteiger partial charge on any atom is -0.341 e. The van der Waals surface area contributed by atoms with Gasteiger partial charge in [0.15, 0.2) is 5.16 Å². The quantitative estimate of drug-likeness (QED) is 0.619. The summed E-state index contributed by atoms with van der Waals surface area (Å²) in [5, 5.41) is -0.0716. The molecule has 2 heterocycles. The molecule has 2 aromatic carbocycles. The first-order valence-corrected chi connectivity index (χ1v) is 9.87. The molecule has 0 spiro atoms. The first-order chi connectivity index (χ1) is 13.4. The fourth-order valence-electron chi connectivity index (χ4n) is 3.32. The van der Waals surface area contributed by atoms with Crippen molar-refractivity contribution in [3.63, 3.8) is 0 Å². The number of alkyl halides is 3. The third-order valence-electron chi connectivity index (χ3n) is 4.76. The zero-order chi connectivity index (χ0) is 19.7. The summed E-state index contributed by atoms with van der Waals surface area (Å²) in [6.45, 7) is 1.47. The Bertz CT molecular complexity index is 981. The second-order valence-corrected chi connectivity index (χ2v) is 7.81. The van der Waals surface area contributed by atoms with E-state index in [9.17, 15) is 18.0 Å². The van der Waals surface area contributed by atoms with Gasteiger partial charge in [0.2, 0.25) is 5.91 Å². The lowest BCUT2D eigenvalue weighted by Gasteiger charge is -2.22. The lowest BCUT2D eigenvalue weighted by atomic mass is 10.1. The summed E-state index contributed by atoms with van der Waals surface area (Å²) in [5.74, 6) is 0.00476. The molecule has 28 heavy (non-hydrogen) atoms. The third-order valence-corrected chi connectivity index (χ3v) is 5.89. The number of rotatable bonds is 4. The second-order valence-electron chi connectivity index (χ2n) is 6.71. The molecule has 8 heteroatoms. The number of carbonyl (C=O) groups is 1. The van der Waals surface area contributed by atoms with Gasteiger partial charge in [-0.1, -0.05) is 42.1 Å². The van der Waals surface area contributed by atoms with Gasteiger partial charge in [0.1, 0.15) is 5.25 Å². The highest BCUT2D eigenvalue weighted by Crippen LogP contribution is 2.38. The average molecular weight is 405 g/mol. The van der Waals surface area contributed by atoms with Gasteiger partial charge in [-0.25, -0.2) is 4.98 Å². The molecule has 0 bridgehead atoms. The summed E-state index contributed by atoms with van der Waals surface area (Å²) in [7, 11) is 0. The summed E-state index contributed by atoms with van der Waals surface area (Å²) in [5.41, 5.74) is 0.863. The van der Waals surface area contributed by atoms with Gasteiger partial charge in [-0.2, -0.15) is 13.2 Å². The number of nitrogens with zero attached hydrogens (tertiary/aromatic N) is 2. The van der Waals surface area contributed by atoms with Crippen molar-refractivity contribution in [2.75, 3.05) is 13.1 Å². The molecule has 1 fully saturated rings. The maximum atomic E-state index is 13.1. The Balaban J connectivity index is 1.65. The molecule has 1 saturated heterocycles. The van der Waals surface area contributed by atoms with Gasteiger partial charge < -0.3 is 9.88 Å². The summed E-state index contributed by atoms with van der Waals surface area (Å²) in [4.78, 5) is 22.2. The van der Waals surface area contributed by atoms with Crippen LogP contribution in [0.25, 0.3) is 11.0 Å². The molecule has 1 aliphatic rings. The average Bonchev–Trinajstić information content (AvgIpc) is 3.34. The number of nitrogens with one attached hydrogen (secondary N) is 1. The Labute approximate surface area is 164 Å². The Morgan fingerprint density at radius 3 is 2.50 bits per heavy atom. The van der Waals surface area contributed by atoms with Crippen LogP contribution in [-0.4, -0.2) is 33.9 Å². The molecule has 0 radical (unpaired) electrons. The molecule has 1 aromatic heterocycles. The SMILES string of the molecule is O=C(C(Sc1nc2ccc(C(F)(F)F)cc2[nH]1)c1ccccc1)N1CCCC1. The first-order valence-electron chi connectivity index (χ1n) is 8.99. The van der Waals surface area contributed by atoms with E-state index in [0.29, 0.717) is 16.2 Å². The number of likely N-dealkylation sites (tertiary alicyclic amines) is 1. The molecule has 1 amide bonds. The third kappa shape index (κ3) is 3.87. The van der Waals surface area contributed by atoms with Crippen LogP contribution in [0.5, 0.6) is 0 Å². The fourth-order valence-corrected chi connectivity index (χ4v) is 4.41. The number of carbonyl (C=O) groups excluding carboxylic acids is 1. The van der Waals surface area contributed by atoms with E-state index in [0.717, 1.165) is 43.6 Å². The predicted octanol–water partition coefficient (Wildman–Crippen LogP) is 5.04. The van der Waals surface area contributed by atoms with Crippen LogP contribution in [0.3, 0.4) is 0 Å². The highest BCUT2D eigenvalue weighted by Gasteiger charge is 2.32. The number of halogens is 3. The molecule has 4 nitrogen and oxygen atoms in total. The Morgan fingerprint density at radius 2 is 1.82 bits per heavy atom. The Morgan fingerprint density at radius 1 is 1.11 bits per heavy atom. The van der Waals surface area contributed by atoms with Gasteiger partial charge in [-0.15, -0.1) is 0 Å². The summed E-state index contributed by atoms with van der Waals surface area (Å²) in [6, 6.07) is 12.8. The van der Waals surface area contributed by atoms with E-state index < -0.39 is 17.0 Å². The molecule has 3 aromatic rings. The molecular weight excluding hydrogens is 387 g/mol. The number of thioether (sulfide) groups is 1. The lowest BCUT2D eigenvalue weighted by molar-refractivity contribution is -0.137. The molecule has 0 aliphatic carbocycles. The van der Waals surface area contributed by atoms with E-state index in [4.69, 9.17) is 0 Å². The Hall–Kier alpha value is -2.48. The van der Waals surface area contributed by atoms with Gasteiger partial charge in [-0.05, 0) is 36.6 Å². The molecule has 1 aliphatic heterocycles. The van der Waals surface area contributed by atoms with Gasteiger partial charge >= 0.3 is 6.18 Å². The van der Waals surface area contributed by atoms with Crippen molar-refractivity contribution in [3.8, 4) is 0 Å². The van der Waals surface area contributed by atoms with Crippen molar-refractivity contribution in [1.82, 2.24) is 14.9 Å². The number of hydrogen-bond donors (Lipinski definition) is 1. The minimum absolute atomic E-state index is 0.00476. The van der Waals surface area contributed by atoms with Gasteiger partial charge in [0, 0.05) is 13.1 Å². The van der Waals surface area contributed by atoms with Crippen molar-refractivity contribution >= 4 is 28.7 Å². The van der Waals surface area contributed by atoms with Gasteiger partial charge in [-0.3, -0.25) is 4.79 Å². The second kappa shape index (κ2) is 7.50. The number of aromatic nitrogens is 2. The number of H-pyrrole nitrogens is 1. The highest BCUT2D eigenvalue weighted by molar-refractivity contribution is 8.00. The van der Waals surface area contributed by atoms with Crippen LogP contribution < -0.4 is 0 Å². The molecule has 4 rings (SSSR count). The van der Waals surface area contributed by atoms with Gasteiger partial charge in [0.05, 0.1) is 16.6 Å². The largest absolute Gasteiger partial charge is 0.416 e. The number of fused-ring (bicyclic) bond motifs is 1. The van der Waals surface area contributed by atoms with Crippen molar-refractivity contribution in [2.24, 2.45) is 0 Å². The van der Waals surface area contributed by atoms with E-state index >= 15 is 0 Å². The van der Waals surface area contributed by atoms with Crippen molar-refractivity contribution in [3.05, 3.63) is 59.7 Å². The zero-order valence-corrected chi connectivity index (χ0v) is 15.7. The van der Waals surface area contributed by atoms with Crippen LogP contribution in [-0.2, 0) is 11.0 Å². The van der Waals surface area contributed by atoms with Crippen molar-refractivity contribution < 1.29 is 18.0 Å². The van der Waals surface area contributed by atoms with Gasteiger partial charge in [0.25, 0.3) is 0 Å². The highest BCUT2D eigenvalue weighted by atomic mass is 32.2. The van der Waals surface area contributed by atoms with Crippen molar-refractivity contribution in [1.29, 1.82) is 0 Å². The lowest BCUT2D eigenvalue weighted by Crippen LogP contribution is -2.31. The molecular formula is C20H18F3N3OS. The fraction of sp³-hybridized carbons (Fsp3) is 0.300. The van der Waals surface area contributed by atoms with Crippen LogP contribution in [0.4, 0.5) is 13.2 Å². The van der Waals surface area contributed by atoms with E-state index in [-0.39, 0.29) is 5.91 Å². The number of imidazole rings is 1. The standard InChI is InChI=1S/C20H18F3N3OS/c21-20(22,23)14-8-9-15-16(12-14)25-19(24-15)28-17(13-6-2-1-3-7-13)18(27)26-10-4-5-11-26/h1-3,6-9,12,17H,4-5,10-11H2,(H,24,25). The smallest absolute Gasteiger partial charge is 0.341 e. The van der Waals surface area contributed by atoms with Crippen molar-refractivity contribution in [2.45, 2.75) is 29.4 Å². The number of amides is 1. The van der Waals surface area contributed by atoms with Crippen LogP contribution >= 0.6 is 11.8 Å². The molecule has 1 N–H and O–H groups in total. The molecule has 146 valence electrons. The zero-order valence-electron chi connectivity index (χ0n) is 14.9. The van der Waals surface area contributed by atoms with Crippen LogP contribution in [0, 0.1) is 0 Å². The molecule has 1 unspecified atom stereocenters. The molecule has 1 atom stereocenters. The summed E-state index contributed by atoms with van der Waals surface area (Å²) < 4.78 is 38.8. The monoisotopic (exact) mass is 405 g/mol. The topological polar surface area (TPSA) is 49.0 Å². The van der Waals surface area contributed by atoms with Crippen LogP contribution in [0.1, 0.15) is 29.2 Å². The molecule has 0 saturated carbocycles. The van der Waals surface area contributed by atoms with E-state index in [2.05, 4.69) is 9.97 Å². The first kappa shape index (κ1) is 18.9. The maximum absolute atomic E-state index is 13.1. The Kier molecular flexibility index (Phi) is 5.05. The van der Waals surface area contributed by atoms with Crippen LogP contribution in [0.2, 0.25) is 0 Å². The number of hydrogen-bond acceptors (Lipinski definition) is 3. The number of aromatic amines is 1. The maximum Gasteiger partial charge on any atom is 0.416 e. The van der Waals surface area contributed by atoms with Crippen LogP contribution in [0.15, 0.2) is 53.7 Å².